The van der Waals surface area contributed by atoms with Crippen molar-refractivity contribution in [1.82, 2.24) is 15.3 Å². The van der Waals surface area contributed by atoms with Crippen LogP contribution in [0.25, 0.3) is 24.3 Å². The van der Waals surface area contributed by atoms with Gasteiger partial charge in [-0.15, -0.1) is 0 Å². The molecule has 0 aromatic carbocycles. The Hall–Kier alpha value is -3.80. The summed E-state index contributed by atoms with van der Waals surface area (Å²) >= 11 is 0. The molecule has 2 atom stereocenters. The Morgan fingerprint density at radius 3 is 2.53 bits per heavy atom. The molecule has 0 aliphatic carbocycles. The van der Waals surface area contributed by atoms with E-state index in [1.807, 2.05) is 26.0 Å². The fourth-order valence-electron chi connectivity index (χ4n) is 5.76. The minimum atomic E-state index is -0.944. The Bertz CT molecular complexity index is 1570. The molecule has 5 rings (SSSR count). The van der Waals surface area contributed by atoms with Crippen molar-refractivity contribution in [2.45, 2.75) is 60.4 Å². The number of nitrogens with zero attached hydrogens (tertiary/aromatic N) is 1. The lowest BCUT2D eigenvalue weighted by atomic mass is 9.97. The number of hydrogen-bond acceptors (Lipinski definition) is 3. The molecule has 2 aromatic rings. The topological polar surface area (TPSA) is 93.3 Å². The van der Waals surface area contributed by atoms with Crippen LogP contribution in [-0.4, -0.2) is 32.8 Å². The molecule has 1 unspecified atom stereocenters. The van der Waals surface area contributed by atoms with E-state index >= 15 is 0 Å². The molecular weight excluding hydrogens is 448 g/mol. The Morgan fingerprint density at radius 2 is 1.86 bits per heavy atom. The van der Waals surface area contributed by atoms with Crippen molar-refractivity contribution in [3.05, 3.63) is 79.0 Å². The highest BCUT2D eigenvalue weighted by Gasteiger charge is 2.32. The van der Waals surface area contributed by atoms with Gasteiger partial charge in [-0.25, -0.2) is 9.79 Å². The van der Waals surface area contributed by atoms with Gasteiger partial charge in [0, 0.05) is 39.4 Å². The van der Waals surface area contributed by atoms with Crippen LogP contribution in [0.3, 0.4) is 0 Å². The first-order chi connectivity index (χ1) is 17.1. The summed E-state index contributed by atoms with van der Waals surface area (Å²) in [4.78, 5) is 24.4. The van der Waals surface area contributed by atoms with Gasteiger partial charge in [-0.05, 0) is 92.5 Å². The van der Waals surface area contributed by atoms with E-state index in [4.69, 9.17) is 4.99 Å². The number of hydrogen-bond donors (Lipinski definition) is 4. The van der Waals surface area contributed by atoms with E-state index in [1.54, 1.807) is 0 Å². The zero-order chi connectivity index (χ0) is 25.9. The third-order valence-electron chi connectivity index (χ3n) is 8.02. The van der Waals surface area contributed by atoms with Crippen LogP contribution in [0.1, 0.15) is 67.8 Å². The molecule has 5 heterocycles. The highest BCUT2D eigenvalue weighted by atomic mass is 16.4. The van der Waals surface area contributed by atoms with Crippen LogP contribution < -0.4 is 16.0 Å². The fourth-order valence-corrected chi connectivity index (χ4v) is 5.76. The Morgan fingerprint density at radius 1 is 1.11 bits per heavy atom. The van der Waals surface area contributed by atoms with Crippen molar-refractivity contribution < 1.29 is 9.90 Å². The SMILES string of the molecule is C=Cc1c(C)/c2[nH]/c1=C\c1[nH]c(c(CC)c1C)/C=C1N=C(C(C(=O)O)=C\1C)/C(C)=C1/C[C@H](C)C(/C=2)N1. The molecule has 1 saturated heterocycles. The molecule has 0 amide bonds. The number of carboxylic acids is 1. The highest BCUT2D eigenvalue weighted by Crippen LogP contribution is 2.34. The van der Waals surface area contributed by atoms with Crippen LogP contribution in [0.2, 0.25) is 0 Å². The number of aliphatic carboxylic acids is 1. The van der Waals surface area contributed by atoms with Gasteiger partial charge < -0.3 is 20.4 Å². The van der Waals surface area contributed by atoms with E-state index in [-0.39, 0.29) is 11.6 Å². The number of fused-ring (bicyclic) bond motifs is 7. The first-order valence-corrected chi connectivity index (χ1v) is 12.6. The van der Waals surface area contributed by atoms with Gasteiger partial charge in [0.15, 0.2) is 0 Å². The maximum Gasteiger partial charge on any atom is 0.338 e. The van der Waals surface area contributed by atoms with E-state index < -0.39 is 5.97 Å². The molecule has 2 aromatic heterocycles. The van der Waals surface area contributed by atoms with E-state index in [0.29, 0.717) is 22.9 Å². The number of rotatable bonds is 3. The molecule has 0 spiro atoms. The number of allylic oxidation sites excluding steroid dienone is 3. The summed E-state index contributed by atoms with van der Waals surface area (Å²) in [5.41, 5.74) is 10.8. The third-order valence-corrected chi connectivity index (χ3v) is 8.02. The average molecular weight is 483 g/mol. The van der Waals surface area contributed by atoms with Crippen molar-refractivity contribution in [3.8, 4) is 0 Å². The number of aromatic nitrogens is 2. The number of H-pyrrole nitrogens is 2. The standard InChI is InChI=1S/C30H34N4O2/c1-8-19-15(4)23-11-21-14(3)10-22(31-21)18(7)29-28(30(35)36)17(6)25(34-29)13-27-20(9-2)16(5)24(33-27)12-26(19)32-23/h8,11-14,21,31-33H,1,9-10H2,2-7H3,(H,35,36)/b22-18-,23-11+,25-13-,26-12-/t14-,21?/m0/s1. The van der Waals surface area contributed by atoms with Crippen LogP contribution in [-0.2, 0) is 11.2 Å². The van der Waals surface area contributed by atoms with Crippen LogP contribution in [0.15, 0.2) is 39.7 Å². The number of nitrogens with one attached hydrogen (secondary N) is 3. The van der Waals surface area contributed by atoms with Gasteiger partial charge in [-0.3, -0.25) is 0 Å². The second-order valence-corrected chi connectivity index (χ2v) is 10.2. The van der Waals surface area contributed by atoms with Crippen LogP contribution in [0.5, 0.6) is 0 Å². The van der Waals surface area contributed by atoms with Crippen LogP contribution >= 0.6 is 0 Å². The second kappa shape index (κ2) is 8.70. The third kappa shape index (κ3) is 3.63. The van der Waals surface area contributed by atoms with E-state index in [0.717, 1.165) is 51.8 Å². The molecular formula is C30H34N4O2. The summed E-state index contributed by atoms with van der Waals surface area (Å²) in [5.74, 6) is -0.594. The molecule has 0 saturated carbocycles. The van der Waals surface area contributed by atoms with Crippen molar-refractivity contribution in [3.63, 3.8) is 0 Å². The molecule has 4 N–H and O–H groups in total. The molecule has 3 aliphatic heterocycles. The summed E-state index contributed by atoms with van der Waals surface area (Å²) in [6.07, 6.45) is 10.0. The fraction of sp³-hybridized carbons (Fsp3) is 0.333. The normalized spacial score (nSPS) is 26.4. The minimum absolute atomic E-state index is 0.117. The van der Waals surface area contributed by atoms with Gasteiger partial charge >= 0.3 is 5.97 Å². The Kier molecular flexibility index (Phi) is 5.78. The summed E-state index contributed by atoms with van der Waals surface area (Å²) in [6, 6.07) is 0.117. The summed E-state index contributed by atoms with van der Waals surface area (Å²) in [5, 5.41) is 15.9. The lowest BCUT2D eigenvalue weighted by molar-refractivity contribution is -0.132. The molecule has 36 heavy (non-hydrogen) atoms. The minimum Gasteiger partial charge on any atom is -0.478 e. The molecule has 6 nitrogen and oxygen atoms in total. The van der Waals surface area contributed by atoms with Gasteiger partial charge in [0.1, 0.15) is 0 Å². The number of carboxylic acid groups (broad SMARTS) is 1. The predicted octanol–water partition coefficient (Wildman–Crippen LogP) is 4.26. The largest absolute Gasteiger partial charge is 0.478 e. The van der Waals surface area contributed by atoms with Gasteiger partial charge in [0.2, 0.25) is 0 Å². The summed E-state index contributed by atoms with van der Waals surface area (Å²) in [6.45, 7) is 16.5. The predicted molar refractivity (Wildman–Crippen MR) is 147 cm³/mol. The zero-order valence-electron chi connectivity index (χ0n) is 21.9. The van der Waals surface area contributed by atoms with Crippen molar-refractivity contribution in [1.29, 1.82) is 0 Å². The maximum absolute atomic E-state index is 12.3. The van der Waals surface area contributed by atoms with Crippen LogP contribution in [0.4, 0.5) is 0 Å². The summed E-state index contributed by atoms with van der Waals surface area (Å²) < 4.78 is 0. The molecule has 186 valence electrons. The number of aliphatic imine (C=N–C) groups is 1. The highest BCUT2D eigenvalue weighted by molar-refractivity contribution is 6.29. The van der Waals surface area contributed by atoms with E-state index in [9.17, 15) is 9.90 Å². The van der Waals surface area contributed by atoms with Gasteiger partial charge in [0.05, 0.1) is 17.0 Å². The Labute approximate surface area is 211 Å². The first-order valence-electron chi connectivity index (χ1n) is 12.6. The second-order valence-electron chi connectivity index (χ2n) is 10.2. The Balaban J connectivity index is 1.87. The number of carbonyl (C=O) groups is 1. The van der Waals surface area contributed by atoms with Crippen molar-refractivity contribution in [2.24, 2.45) is 10.9 Å². The molecule has 6 heteroatoms. The quantitative estimate of drug-likeness (QED) is 0.527. The summed E-state index contributed by atoms with van der Waals surface area (Å²) in [7, 11) is 0. The van der Waals surface area contributed by atoms with Crippen molar-refractivity contribution >= 4 is 36.0 Å². The average Bonchev–Trinajstić information content (AvgIpc) is 3.53. The van der Waals surface area contributed by atoms with Crippen molar-refractivity contribution in [2.75, 3.05) is 0 Å². The molecule has 1 fully saturated rings. The monoisotopic (exact) mass is 482 g/mol. The molecule has 8 bridgehead atoms. The lowest BCUT2D eigenvalue weighted by Crippen LogP contribution is -2.27. The zero-order valence-corrected chi connectivity index (χ0v) is 21.9. The van der Waals surface area contributed by atoms with Gasteiger partial charge in [-0.2, -0.15) is 0 Å². The smallest absolute Gasteiger partial charge is 0.338 e. The van der Waals surface area contributed by atoms with E-state index in [2.05, 4.69) is 61.7 Å². The number of aromatic amines is 2. The molecule has 3 aliphatic rings. The van der Waals surface area contributed by atoms with Crippen LogP contribution in [0, 0.1) is 19.8 Å². The van der Waals surface area contributed by atoms with E-state index in [1.165, 1.54) is 16.7 Å². The van der Waals surface area contributed by atoms with Gasteiger partial charge in [-0.1, -0.05) is 26.5 Å². The molecule has 0 radical (unpaired) electrons. The lowest BCUT2D eigenvalue weighted by Gasteiger charge is -2.12. The first kappa shape index (κ1) is 23.9. The van der Waals surface area contributed by atoms with Gasteiger partial charge in [0.25, 0.3) is 0 Å². The maximum atomic E-state index is 12.3.